The lowest BCUT2D eigenvalue weighted by atomic mass is 9.76. The fraction of sp³-hybridized carbons (Fsp3) is 0.308. The Bertz CT molecular complexity index is 1540. The van der Waals surface area contributed by atoms with E-state index in [0.717, 1.165) is 33.4 Å². The normalized spacial score (nSPS) is 21.0. The van der Waals surface area contributed by atoms with Crippen LogP contribution < -0.4 is 0 Å². The van der Waals surface area contributed by atoms with Crippen LogP contribution in [0.15, 0.2) is 141 Å². The summed E-state index contributed by atoms with van der Waals surface area (Å²) in [6.07, 6.45) is 29.5. The molecule has 0 saturated carbocycles. The predicted octanol–water partition coefficient (Wildman–Crippen LogP) is 9.41. The Morgan fingerprint density at radius 1 is 0.605 bits per heavy atom. The molecule has 2 aliphatic rings. The van der Waals surface area contributed by atoms with Gasteiger partial charge in [0.2, 0.25) is 17.3 Å². The van der Waals surface area contributed by atoms with Crippen LogP contribution in [0.4, 0.5) is 0 Å². The molecular weight excluding hydrogens is 532 g/mol. The lowest BCUT2D eigenvalue weighted by Gasteiger charge is -2.28. The van der Waals surface area contributed by atoms with Gasteiger partial charge in [0.25, 0.3) is 0 Å². The molecule has 0 bridgehead atoms. The average Bonchev–Trinajstić information content (AvgIpc) is 3.06. The van der Waals surface area contributed by atoms with Crippen LogP contribution in [0.3, 0.4) is 0 Å². The van der Waals surface area contributed by atoms with Crippen LogP contribution in [0.1, 0.15) is 69.2 Å². The fourth-order valence-corrected chi connectivity index (χ4v) is 4.89. The number of rotatable bonds is 10. The maximum atomic E-state index is 12.2. The highest BCUT2D eigenvalue weighted by Gasteiger charge is 2.43. The van der Waals surface area contributed by atoms with E-state index in [4.69, 9.17) is 0 Å². The number of aliphatic hydroxyl groups is 1. The number of hydrogen-bond donors (Lipinski definition) is 1. The Morgan fingerprint density at radius 2 is 1.00 bits per heavy atom. The van der Waals surface area contributed by atoms with Gasteiger partial charge >= 0.3 is 0 Å². The number of aliphatic hydroxyl groups excluding tert-OH is 1. The summed E-state index contributed by atoms with van der Waals surface area (Å²) in [5, 5.41) is 9.88. The summed E-state index contributed by atoms with van der Waals surface area (Å²) < 4.78 is 0. The molecule has 0 fully saturated rings. The van der Waals surface area contributed by atoms with E-state index in [0.29, 0.717) is 11.1 Å². The van der Waals surface area contributed by atoms with E-state index < -0.39 is 10.8 Å². The van der Waals surface area contributed by atoms with Crippen LogP contribution in [0.25, 0.3) is 0 Å². The second-order valence-corrected chi connectivity index (χ2v) is 12.4. The number of carbonyl (C=O) groups is 3. The second-order valence-electron chi connectivity index (χ2n) is 12.4. The van der Waals surface area contributed by atoms with Crippen molar-refractivity contribution in [2.24, 2.45) is 10.8 Å². The molecule has 226 valence electrons. The first-order valence-electron chi connectivity index (χ1n) is 14.6. The predicted molar refractivity (Wildman–Crippen MR) is 179 cm³/mol. The molecule has 0 saturated heterocycles. The molecule has 0 heterocycles. The van der Waals surface area contributed by atoms with Gasteiger partial charge in [-0.15, -0.1) is 0 Å². The van der Waals surface area contributed by atoms with Crippen molar-refractivity contribution in [2.45, 2.75) is 69.2 Å². The van der Waals surface area contributed by atoms with Crippen LogP contribution in [-0.4, -0.2) is 22.5 Å². The minimum atomic E-state index is -0.771. The average molecular weight is 579 g/mol. The van der Waals surface area contributed by atoms with Gasteiger partial charge in [0.15, 0.2) is 5.76 Å². The molecule has 0 aliphatic heterocycles. The third kappa shape index (κ3) is 9.34. The van der Waals surface area contributed by atoms with Gasteiger partial charge < -0.3 is 5.11 Å². The third-order valence-electron chi connectivity index (χ3n) is 7.65. The molecule has 0 spiro atoms. The van der Waals surface area contributed by atoms with Crippen molar-refractivity contribution in [1.29, 1.82) is 0 Å². The molecule has 43 heavy (non-hydrogen) atoms. The van der Waals surface area contributed by atoms with Crippen molar-refractivity contribution in [3.63, 3.8) is 0 Å². The zero-order chi connectivity index (χ0) is 32.5. The van der Waals surface area contributed by atoms with Crippen molar-refractivity contribution in [2.75, 3.05) is 0 Å². The van der Waals surface area contributed by atoms with Crippen LogP contribution in [-0.2, 0) is 14.4 Å². The molecule has 0 aromatic heterocycles. The highest BCUT2D eigenvalue weighted by atomic mass is 16.3. The van der Waals surface area contributed by atoms with Crippen molar-refractivity contribution < 1.29 is 19.5 Å². The van der Waals surface area contributed by atoms with Gasteiger partial charge in [-0.1, -0.05) is 121 Å². The Balaban J connectivity index is 1.94. The van der Waals surface area contributed by atoms with Gasteiger partial charge in [-0.2, -0.15) is 0 Å². The SMILES string of the molecule is CC(C=CC=C(C)C=CC1=C(C)C(=O)C(O)=CC1(C)C)=CC=CC=C(C)C=CC=C(C)C=CC1=C(C)C(=O)C(=O)C1(C)C. The number of allylic oxidation sites excluding steroid dienone is 23. The van der Waals surface area contributed by atoms with E-state index >= 15 is 0 Å². The Morgan fingerprint density at radius 3 is 1.44 bits per heavy atom. The standard InChI is InChI=1S/C39H46O4/c1-26(17-13-19-28(3)21-23-32-30(5)35(41)34(40)25-38(32,7)8)15-11-12-16-27(2)18-14-20-29(4)22-24-33-31(6)36(42)37(43)39(33,9)10/h11-25,40H,1-10H3. The monoisotopic (exact) mass is 578 g/mol. The molecule has 1 N–H and O–H groups in total. The highest BCUT2D eigenvalue weighted by molar-refractivity contribution is 6.48. The molecular formula is C39H46O4. The topological polar surface area (TPSA) is 71.4 Å². The molecule has 0 atom stereocenters. The number of ketones is 3. The molecule has 0 aromatic carbocycles. The van der Waals surface area contributed by atoms with Crippen molar-refractivity contribution in [1.82, 2.24) is 0 Å². The molecule has 4 heteroatoms. The maximum absolute atomic E-state index is 12.2. The molecule has 0 aromatic rings. The Labute approximate surface area is 258 Å². The number of carbonyl (C=O) groups excluding carboxylic acids is 3. The zero-order valence-corrected chi connectivity index (χ0v) is 27.3. The molecule has 4 nitrogen and oxygen atoms in total. The summed E-state index contributed by atoms with van der Waals surface area (Å²) in [6, 6.07) is 0. The summed E-state index contributed by atoms with van der Waals surface area (Å²) in [4.78, 5) is 36.4. The van der Waals surface area contributed by atoms with E-state index in [1.807, 2.05) is 127 Å². The first kappa shape index (κ1) is 34.9. The first-order valence-corrected chi connectivity index (χ1v) is 14.6. The minimum absolute atomic E-state index is 0.182. The summed E-state index contributed by atoms with van der Waals surface area (Å²) in [5.41, 5.74) is 5.89. The summed E-state index contributed by atoms with van der Waals surface area (Å²) >= 11 is 0. The molecule has 0 amide bonds. The fourth-order valence-electron chi connectivity index (χ4n) is 4.89. The zero-order valence-electron chi connectivity index (χ0n) is 27.3. The van der Waals surface area contributed by atoms with Crippen LogP contribution in [0, 0.1) is 10.8 Å². The van der Waals surface area contributed by atoms with Crippen molar-refractivity contribution >= 4 is 17.3 Å². The molecule has 2 rings (SSSR count). The second kappa shape index (κ2) is 14.7. The van der Waals surface area contributed by atoms with E-state index in [-0.39, 0.29) is 23.1 Å². The summed E-state index contributed by atoms with van der Waals surface area (Å²) in [5.74, 6) is -1.23. The molecule has 0 radical (unpaired) electrons. The Kier molecular flexibility index (Phi) is 12.0. The first-order chi connectivity index (χ1) is 20.0. The van der Waals surface area contributed by atoms with Gasteiger partial charge in [-0.05, 0) is 72.6 Å². The molecule has 0 unspecified atom stereocenters. The smallest absolute Gasteiger partial charge is 0.225 e. The molecule has 2 aliphatic carbocycles. The largest absolute Gasteiger partial charge is 0.504 e. The lowest BCUT2D eigenvalue weighted by molar-refractivity contribution is -0.137. The van der Waals surface area contributed by atoms with Gasteiger partial charge in [-0.25, -0.2) is 0 Å². The number of Topliss-reactive ketones (excluding diaryl/α,β-unsaturated/α-hetero) is 3. The summed E-state index contributed by atoms with van der Waals surface area (Å²) in [7, 11) is 0. The lowest BCUT2D eigenvalue weighted by Crippen LogP contribution is -2.24. The van der Waals surface area contributed by atoms with Crippen molar-refractivity contribution in [3.05, 3.63) is 141 Å². The van der Waals surface area contributed by atoms with Crippen LogP contribution in [0.5, 0.6) is 0 Å². The Hall–Kier alpha value is -4.31. The maximum Gasteiger partial charge on any atom is 0.225 e. The van der Waals surface area contributed by atoms with E-state index in [1.54, 1.807) is 33.8 Å². The third-order valence-corrected chi connectivity index (χ3v) is 7.65. The van der Waals surface area contributed by atoms with E-state index in [2.05, 4.69) is 0 Å². The minimum Gasteiger partial charge on any atom is -0.504 e. The van der Waals surface area contributed by atoms with Crippen LogP contribution in [0.2, 0.25) is 0 Å². The summed E-state index contributed by atoms with van der Waals surface area (Å²) in [6.45, 7) is 19.1. The van der Waals surface area contributed by atoms with Gasteiger partial charge in [0, 0.05) is 16.6 Å². The van der Waals surface area contributed by atoms with Gasteiger partial charge in [0.05, 0.1) is 5.41 Å². The van der Waals surface area contributed by atoms with Gasteiger partial charge in [0.1, 0.15) is 0 Å². The number of hydrogen-bond acceptors (Lipinski definition) is 4. The quantitative estimate of drug-likeness (QED) is 0.207. The van der Waals surface area contributed by atoms with Gasteiger partial charge in [-0.3, -0.25) is 14.4 Å². The highest BCUT2D eigenvalue weighted by Crippen LogP contribution is 2.39. The van der Waals surface area contributed by atoms with Crippen molar-refractivity contribution in [3.8, 4) is 0 Å². The van der Waals surface area contributed by atoms with E-state index in [9.17, 15) is 19.5 Å². The van der Waals surface area contributed by atoms with E-state index in [1.165, 1.54) is 0 Å². The van der Waals surface area contributed by atoms with Crippen LogP contribution >= 0.6 is 0 Å².